The molecule has 1 amide bonds. The molecule has 0 aliphatic heterocycles. The van der Waals surface area contributed by atoms with E-state index in [1.807, 2.05) is 7.05 Å². The smallest absolute Gasteiger partial charge is 0.255 e. The van der Waals surface area contributed by atoms with Crippen LogP contribution in [0.3, 0.4) is 0 Å². The van der Waals surface area contributed by atoms with Crippen LogP contribution < -0.4 is 11.1 Å². The summed E-state index contributed by atoms with van der Waals surface area (Å²) >= 11 is 3.26. The van der Waals surface area contributed by atoms with Crippen LogP contribution in [0.25, 0.3) is 0 Å². The number of amides is 1. The molecule has 1 aromatic rings. The lowest BCUT2D eigenvalue weighted by molar-refractivity contribution is 0.0948. The number of nitrogens with zero attached hydrogens (tertiary/aromatic N) is 2. The molecule has 6 nitrogen and oxygen atoms in total. The van der Waals surface area contributed by atoms with Gasteiger partial charge in [0.15, 0.2) is 0 Å². The van der Waals surface area contributed by atoms with Crippen molar-refractivity contribution in [1.82, 2.24) is 15.2 Å². The quantitative estimate of drug-likeness (QED) is 0.770. The van der Waals surface area contributed by atoms with Crippen molar-refractivity contribution in [1.29, 1.82) is 0 Å². The molecule has 0 unspecified atom stereocenters. The molecular weight excluding hydrogens is 312 g/mol. The minimum Gasteiger partial charge on any atom is -0.383 e. The van der Waals surface area contributed by atoms with Crippen molar-refractivity contribution in [2.45, 2.75) is 0 Å². The maximum atomic E-state index is 11.9. The van der Waals surface area contributed by atoms with Crippen LogP contribution in [0.2, 0.25) is 0 Å². The van der Waals surface area contributed by atoms with Gasteiger partial charge in [-0.3, -0.25) is 4.79 Å². The Morgan fingerprint density at radius 2 is 2.32 bits per heavy atom. The number of halogens is 1. The second kappa shape index (κ2) is 8.08. The summed E-state index contributed by atoms with van der Waals surface area (Å²) in [7, 11) is 3.64. The molecule has 3 N–H and O–H groups in total. The molecule has 106 valence electrons. The molecule has 1 rings (SSSR count). The summed E-state index contributed by atoms with van der Waals surface area (Å²) in [5, 5.41) is 2.81. The first-order chi connectivity index (χ1) is 9.04. The number of anilines is 1. The molecule has 0 saturated carbocycles. The van der Waals surface area contributed by atoms with E-state index >= 15 is 0 Å². The van der Waals surface area contributed by atoms with Crippen LogP contribution in [0, 0.1) is 0 Å². The van der Waals surface area contributed by atoms with Crippen LogP contribution in [0.5, 0.6) is 0 Å². The third-order valence-corrected chi connectivity index (χ3v) is 3.02. The van der Waals surface area contributed by atoms with Gasteiger partial charge in [0.05, 0.1) is 12.2 Å². The van der Waals surface area contributed by atoms with E-state index in [4.69, 9.17) is 10.5 Å². The van der Waals surface area contributed by atoms with Crippen molar-refractivity contribution >= 4 is 27.7 Å². The number of aromatic nitrogens is 1. The zero-order valence-electron chi connectivity index (χ0n) is 11.1. The van der Waals surface area contributed by atoms with Crippen molar-refractivity contribution < 1.29 is 9.53 Å². The van der Waals surface area contributed by atoms with Crippen LogP contribution in [0.1, 0.15) is 10.4 Å². The van der Waals surface area contributed by atoms with Crippen molar-refractivity contribution in [3.05, 3.63) is 22.3 Å². The second-order valence-corrected chi connectivity index (χ2v) is 5.05. The first kappa shape index (κ1) is 15.9. The van der Waals surface area contributed by atoms with E-state index < -0.39 is 0 Å². The van der Waals surface area contributed by atoms with Gasteiger partial charge in [-0.2, -0.15) is 0 Å². The third-order valence-electron chi connectivity index (χ3n) is 2.59. The molecule has 0 aromatic carbocycles. The van der Waals surface area contributed by atoms with Gasteiger partial charge in [0, 0.05) is 37.4 Å². The maximum absolute atomic E-state index is 11.9. The summed E-state index contributed by atoms with van der Waals surface area (Å²) < 4.78 is 5.71. The third kappa shape index (κ3) is 5.54. The summed E-state index contributed by atoms with van der Waals surface area (Å²) in [6, 6.07) is 1.66. The fourth-order valence-electron chi connectivity index (χ4n) is 1.45. The van der Waals surface area contributed by atoms with Crippen molar-refractivity contribution in [3.63, 3.8) is 0 Å². The topological polar surface area (TPSA) is 80.5 Å². The zero-order valence-corrected chi connectivity index (χ0v) is 12.7. The molecule has 0 spiro atoms. The fraction of sp³-hybridized carbons (Fsp3) is 0.500. The average molecular weight is 331 g/mol. The monoisotopic (exact) mass is 330 g/mol. The number of hydrogen-bond acceptors (Lipinski definition) is 5. The molecule has 0 radical (unpaired) electrons. The van der Waals surface area contributed by atoms with Crippen LogP contribution in [0.15, 0.2) is 16.7 Å². The molecule has 7 heteroatoms. The Balaban J connectivity index is 2.41. The SMILES string of the molecule is COCCN(C)CCNC(=O)c1cc(Br)cnc1N. The highest BCUT2D eigenvalue weighted by atomic mass is 79.9. The van der Waals surface area contributed by atoms with Gasteiger partial charge in [-0.25, -0.2) is 4.98 Å². The number of nitrogens with one attached hydrogen (secondary N) is 1. The number of rotatable bonds is 7. The van der Waals surface area contributed by atoms with Gasteiger partial charge in [-0.05, 0) is 29.0 Å². The Morgan fingerprint density at radius 3 is 3.00 bits per heavy atom. The molecule has 0 aliphatic carbocycles. The molecule has 0 aliphatic rings. The van der Waals surface area contributed by atoms with Crippen molar-refractivity contribution in [3.8, 4) is 0 Å². The van der Waals surface area contributed by atoms with E-state index in [0.717, 1.165) is 17.6 Å². The Kier molecular flexibility index (Phi) is 6.75. The second-order valence-electron chi connectivity index (χ2n) is 4.14. The average Bonchev–Trinajstić information content (AvgIpc) is 2.39. The predicted octanol–water partition coefficient (Wildman–Crippen LogP) is 0.734. The number of nitrogens with two attached hydrogens (primary N) is 1. The van der Waals surface area contributed by atoms with Crippen LogP contribution in [0.4, 0.5) is 5.82 Å². The molecule has 1 heterocycles. The predicted molar refractivity (Wildman–Crippen MR) is 78.1 cm³/mol. The Hall–Kier alpha value is -1.18. The minimum absolute atomic E-state index is 0.216. The van der Waals surface area contributed by atoms with Crippen LogP contribution >= 0.6 is 15.9 Å². The summed E-state index contributed by atoms with van der Waals surface area (Å²) in [6.07, 6.45) is 1.56. The van der Waals surface area contributed by atoms with E-state index in [0.29, 0.717) is 18.7 Å². The van der Waals surface area contributed by atoms with Gasteiger partial charge in [-0.1, -0.05) is 0 Å². The normalized spacial score (nSPS) is 10.7. The largest absolute Gasteiger partial charge is 0.383 e. The fourth-order valence-corrected chi connectivity index (χ4v) is 1.78. The highest BCUT2D eigenvalue weighted by molar-refractivity contribution is 9.10. The zero-order chi connectivity index (χ0) is 14.3. The first-order valence-corrected chi connectivity index (χ1v) is 6.70. The lowest BCUT2D eigenvalue weighted by Crippen LogP contribution is -2.34. The van der Waals surface area contributed by atoms with E-state index in [-0.39, 0.29) is 11.7 Å². The molecule has 0 saturated heterocycles. The van der Waals surface area contributed by atoms with Crippen molar-refractivity contribution in [2.24, 2.45) is 0 Å². The standard InChI is InChI=1S/C12H19BrN4O2/c1-17(5-6-19-2)4-3-15-12(18)10-7-9(13)8-16-11(10)14/h7-8H,3-6H2,1-2H3,(H2,14,16)(H,15,18). The Morgan fingerprint density at radius 1 is 1.58 bits per heavy atom. The van der Waals surface area contributed by atoms with E-state index in [1.165, 1.54) is 0 Å². The summed E-state index contributed by atoms with van der Waals surface area (Å²) in [5.41, 5.74) is 6.05. The number of pyridine rings is 1. The maximum Gasteiger partial charge on any atom is 0.255 e. The lowest BCUT2D eigenvalue weighted by atomic mass is 10.2. The number of methoxy groups -OCH3 is 1. The van der Waals surface area contributed by atoms with E-state index in [2.05, 4.69) is 31.1 Å². The molecule has 19 heavy (non-hydrogen) atoms. The van der Waals surface area contributed by atoms with Gasteiger partial charge < -0.3 is 20.7 Å². The molecule has 1 aromatic heterocycles. The lowest BCUT2D eigenvalue weighted by Gasteiger charge is -2.16. The summed E-state index contributed by atoms with van der Waals surface area (Å²) in [4.78, 5) is 17.9. The first-order valence-electron chi connectivity index (χ1n) is 5.91. The highest BCUT2D eigenvalue weighted by Crippen LogP contribution is 2.15. The molecule has 0 fully saturated rings. The minimum atomic E-state index is -0.216. The number of ether oxygens (including phenoxy) is 1. The number of likely N-dealkylation sites (N-methyl/N-ethyl adjacent to an activating group) is 1. The summed E-state index contributed by atoms with van der Waals surface area (Å²) in [5.74, 6) is 0.0138. The Labute approximate surface area is 121 Å². The van der Waals surface area contributed by atoms with E-state index in [9.17, 15) is 4.79 Å². The molecule has 0 bridgehead atoms. The number of nitrogen functional groups attached to an aromatic ring is 1. The number of hydrogen-bond donors (Lipinski definition) is 2. The molecular formula is C12H19BrN4O2. The van der Waals surface area contributed by atoms with E-state index in [1.54, 1.807) is 19.4 Å². The van der Waals surface area contributed by atoms with Gasteiger partial charge in [0.1, 0.15) is 5.82 Å². The van der Waals surface area contributed by atoms with Crippen molar-refractivity contribution in [2.75, 3.05) is 46.1 Å². The summed E-state index contributed by atoms with van der Waals surface area (Å²) in [6.45, 7) is 2.79. The van der Waals surface area contributed by atoms with Gasteiger partial charge >= 0.3 is 0 Å². The Bertz CT molecular complexity index is 428. The molecule has 0 atom stereocenters. The van der Waals surface area contributed by atoms with Gasteiger partial charge in [0.2, 0.25) is 0 Å². The van der Waals surface area contributed by atoms with Gasteiger partial charge in [-0.15, -0.1) is 0 Å². The number of carbonyl (C=O) groups excluding carboxylic acids is 1. The van der Waals surface area contributed by atoms with Gasteiger partial charge in [0.25, 0.3) is 5.91 Å². The highest BCUT2D eigenvalue weighted by Gasteiger charge is 2.11. The number of carbonyl (C=O) groups is 1. The van der Waals surface area contributed by atoms with Crippen LogP contribution in [-0.4, -0.2) is 56.2 Å². The van der Waals surface area contributed by atoms with Crippen LogP contribution in [-0.2, 0) is 4.74 Å².